The molecule has 3 unspecified atom stereocenters. The maximum Gasteiger partial charge on any atom is 0.127 e. The second kappa shape index (κ2) is 6.21. The molecular weight excluding hydrogens is 265 g/mol. The summed E-state index contributed by atoms with van der Waals surface area (Å²) in [5.74, 6) is 0.135. The van der Waals surface area contributed by atoms with E-state index in [1.807, 2.05) is 13.1 Å². The Hall–Kier alpha value is -0.640. The lowest BCUT2D eigenvalue weighted by atomic mass is 9.86. The van der Waals surface area contributed by atoms with Crippen LogP contribution >= 0.6 is 11.6 Å². The quantitative estimate of drug-likeness (QED) is 0.907. The van der Waals surface area contributed by atoms with Crippen LogP contribution in [-0.2, 0) is 4.74 Å². The highest BCUT2D eigenvalue weighted by Crippen LogP contribution is 2.38. The zero-order valence-electron chi connectivity index (χ0n) is 11.7. The van der Waals surface area contributed by atoms with Crippen molar-refractivity contribution in [3.05, 3.63) is 34.1 Å². The van der Waals surface area contributed by atoms with Gasteiger partial charge in [-0.2, -0.15) is 0 Å². The van der Waals surface area contributed by atoms with E-state index in [9.17, 15) is 4.39 Å². The lowest BCUT2D eigenvalue weighted by Crippen LogP contribution is -2.31. The molecule has 1 fully saturated rings. The van der Waals surface area contributed by atoms with Crippen molar-refractivity contribution in [2.45, 2.75) is 38.8 Å². The highest BCUT2D eigenvalue weighted by Gasteiger charge is 2.34. The van der Waals surface area contributed by atoms with Gasteiger partial charge in [-0.3, -0.25) is 0 Å². The summed E-state index contributed by atoms with van der Waals surface area (Å²) < 4.78 is 19.3. The Bertz CT molecular complexity index is 452. The number of halogens is 2. The lowest BCUT2D eigenvalue weighted by Gasteiger charge is -2.28. The van der Waals surface area contributed by atoms with Crippen LogP contribution in [0.3, 0.4) is 0 Å². The first kappa shape index (κ1) is 14.8. The van der Waals surface area contributed by atoms with Crippen LogP contribution in [0.25, 0.3) is 0 Å². The topological polar surface area (TPSA) is 21.3 Å². The number of hydrogen-bond acceptors (Lipinski definition) is 2. The Morgan fingerprint density at radius 2 is 2.26 bits per heavy atom. The molecule has 0 bridgehead atoms. The van der Waals surface area contributed by atoms with Crippen molar-refractivity contribution >= 4 is 11.6 Å². The molecule has 0 amide bonds. The maximum absolute atomic E-state index is 13.5. The Morgan fingerprint density at radius 3 is 2.89 bits per heavy atom. The molecule has 2 nitrogen and oxygen atoms in total. The third kappa shape index (κ3) is 2.93. The van der Waals surface area contributed by atoms with Gasteiger partial charge in [-0.1, -0.05) is 24.6 Å². The fraction of sp³-hybridized carbons (Fsp3) is 0.600. The summed E-state index contributed by atoms with van der Waals surface area (Å²) in [4.78, 5) is 0. The van der Waals surface area contributed by atoms with Gasteiger partial charge in [0.05, 0.1) is 6.10 Å². The lowest BCUT2D eigenvalue weighted by molar-refractivity contribution is 0.0782. The molecule has 4 heteroatoms. The Labute approximate surface area is 119 Å². The molecule has 0 aromatic heterocycles. The van der Waals surface area contributed by atoms with Crippen LogP contribution in [0.1, 0.15) is 36.9 Å². The number of hydrogen-bond donors (Lipinski definition) is 1. The molecule has 1 aromatic rings. The van der Waals surface area contributed by atoms with Crippen molar-refractivity contribution < 1.29 is 9.13 Å². The Kier molecular flexibility index (Phi) is 4.82. The molecule has 1 aliphatic rings. The summed E-state index contributed by atoms with van der Waals surface area (Å²) in [5.41, 5.74) is 1.60. The average molecular weight is 286 g/mol. The largest absolute Gasteiger partial charge is 0.378 e. The van der Waals surface area contributed by atoms with Gasteiger partial charge in [0.25, 0.3) is 0 Å². The van der Waals surface area contributed by atoms with Crippen molar-refractivity contribution in [3.8, 4) is 0 Å². The van der Waals surface area contributed by atoms with E-state index >= 15 is 0 Å². The van der Waals surface area contributed by atoms with Gasteiger partial charge in [0.2, 0.25) is 0 Å². The first-order valence-electron chi connectivity index (χ1n) is 6.82. The molecule has 1 aliphatic heterocycles. The van der Waals surface area contributed by atoms with Gasteiger partial charge in [0, 0.05) is 23.6 Å². The van der Waals surface area contributed by atoms with Crippen LogP contribution in [-0.4, -0.2) is 19.8 Å². The maximum atomic E-state index is 13.5. The van der Waals surface area contributed by atoms with E-state index in [4.69, 9.17) is 16.3 Å². The number of rotatable bonds is 4. The van der Waals surface area contributed by atoms with Gasteiger partial charge in [-0.15, -0.1) is 0 Å². The normalized spacial score (nSPS) is 24.7. The summed E-state index contributed by atoms with van der Waals surface area (Å²) in [6.45, 7) is 4.69. The first-order chi connectivity index (χ1) is 9.08. The fourth-order valence-electron chi connectivity index (χ4n) is 2.99. The zero-order chi connectivity index (χ0) is 14.0. The zero-order valence-corrected chi connectivity index (χ0v) is 12.4. The van der Waals surface area contributed by atoms with Crippen molar-refractivity contribution in [3.63, 3.8) is 0 Å². The van der Waals surface area contributed by atoms with Crippen molar-refractivity contribution in [1.82, 2.24) is 5.32 Å². The minimum Gasteiger partial charge on any atom is -0.378 e. The third-order valence-corrected chi connectivity index (χ3v) is 4.34. The Balaban J connectivity index is 2.34. The van der Waals surface area contributed by atoms with E-state index in [0.717, 1.165) is 25.0 Å². The molecular formula is C15H21ClFNO. The molecule has 1 aromatic carbocycles. The van der Waals surface area contributed by atoms with Crippen LogP contribution in [0.4, 0.5) is 4.39 Å². The summed E-state index contributed by atoms with van der Waals surface area (Å²) in [7, 11) is 1.92. The van der Waals surface area contributed by atoms with Crippen LogP contribution in [0.5, 0.6) is 0 Å². The van der Waals surface area contributed by atoms with E-state index in [-0.39, 0.29) is 18.0 Å². The van der Waals surface area contributed by atoms with Gasteiger partial charge in [0.1, 0.15) is 5.82 Å². The van der Waals surface area contributed by atoms with E-state index in [2.05, 4.69) is 12.2 Å². The molecule has 19 heavy (non-hydrogen) atoms. The summed E-state index contributed by atoms with van der Waals surface area (Å²) in [5, 5.41) is 3.82. The highest BCUT2D eigenvalue weighted by atomic mass is 35.5. The van der Waals surface area contributed by atoms with Gasteiger partial charge >= 0.3 is 0 Å². The van der Waals surface area contributed by atoms with Crippen molar-refractivity contribution in [2.24, 2.45) is 5.92 Å². The van der Waals surface area contributed by atoms with E-state index < -0.39 is 0 Å². The minimum absolute atomic E-state index is 0.110. The number of nitrogens with one attached hydrogen (secondary N) is 1. The van der Waals surface area contributed by atoms with Gasteiger partial charge in [0.15, 0.2) is 0 Å². The smallest absolute Gasteiger partial charge is 0.127 e. The van der Waals surface area contributed by atoms with Gasteiger partial charge in [-0.25, -0.2) is 4.39 Å². The second-order valence-corrected chi connectivity index (χ2v) is 5.57. The highest BCUT2D eigenvalue weighted by molar-refractivity contribution is 6.31. The summed E-state index contributed by atoms with van der Waals surface area (Å²) in [6.07, 6.45) is 2.25. The monoisotopic (exact) mass is 285 g/mol. The summed E-state index contributed by atoms with van der Waals surface area (Å²) >= 11 is 6.22. The predicted molar refractivity (Wildman–Crippen MR) is 76.1 cm³/mol. The Morgan fingerprint density at radius 1 is 1.53 bits per heavy atom. The number of benzene rings is 1. The van der Waals surface area contributed by atoms with E-state index in [1.165, 1.54) is 6.07 Å². The molecule has 0 aliphatic carbocycles. The molecule has 106 valence electrons. The molecule has 1 saturated heterocycles. The van der Waals surface area contributed by atoms with E-state index in [1.54, 1.807) is 6.92 Å². The van der Waals surface area contributed by atoms with E-state index in [0.29, 0.717) is 16.5 Å². The molecule has 0 saturated carbocycles. The molecule has 3 atom stereocenters. The van der Waals surface area contributed by atoms with Crippen molar-refractivity contribution in [1.29, 1.82) is 0 Å². The SMILES string of the molecule is CCC1OCCC1C(NC)c1cc(C)c(F)cc1Cl. The second-order valence-electron chi connectivity index (χ2n) is 5.16. The van der Waals surface area contributed by atoms with Gasteiger partial charge < -0.3 is 10.1 Å². The first-order valence-corrected chi connectivity index (χ1v) is 7.20. The molecule has 0 radical (unpaired) electrons. The average Bonchev–Trinajstić information content (AvgIpc) is 2.84. The molecule has 1 heterocycles. The summed E-state index contributed by atoms with van der Waals surface area (Å²) in [6, 6.07) is 3.37. The fourth-order valence-corrected chi connectivity index (χ4v) is 3.25. The standard InChI is InChI=1S/C15H21ClFNO/c1-4-14-10(5-6-19-14)15(18-3)11-7-9(2)13(17)8-12(11)16/h7-8,10,14-15,18H,4-6H2,1-3H3. The predicted octanol–water partition coefficient (Wildman–Crippen LogP) is 3.86. The van der Waals surface area contributed by atoms with Crippen LogP contribution in [0, 0.1) is 18.7 Å². The van der Waals surface area contributed by atoms with Crippen LogP contribution in [0.2, 0.25) is 5.02 Å². The third-order valence-electron chi connectivity index (χ3n) is 4.02. The molecule has 2 rings (SSSR count). The minimum atomic E-state index is -0.252. The molecule has 1 N–H and O–H groups in total. The van der Waals surface area contributed by atoms with Gasteiger partial charge in [-0.05, 0) is 44.0 Å². The molecule has 0 spiro atoms. The van der Waals surface area contributed by atoms with Crippen LogP contribution < -0.4 is 5.32 Å². The van der Waals surface area contributed by atoms with Crippen LogP contribution in [0.15, 0.2) is 12.1 Å². The number of aryl methyl sites for hydroxylation is 1. The number of ether oxygens (including phenoxy) is 1. The van der Waals surface area contributed by atoms with Crippen molar-refractivity contribution in [2.75, 3.05) is 13.7 Å².